The Bertz CT molecular complexity index is 164. The third-order valence-electron chi connectivity index (χ3n) is 1.16. The fourth-order valence-electron chi connectivity index (χ4n) is 0.524. The Kier molecular flexibility index (Phi) is 6.16. The van der Waals surface area contributed by atoms with Crippen LogP contribution in [0.2, 0.25) is 0 Å². The fraction of sp³-hybridized carbons (Fsp3) is 0.714. The molecule has 5 nitrogen and oxygen atoms in total. The lowest BCUT2D eigenvalue weighted by molar-refractivity contribution is -0.139. The maximum Gasteiger partial charge on any atom is 0.302 e. The van der Waals surface area contributed by atoms with Gasteiger partial charge < -0.3 is 13.9 Å². The summed E-state index contributed by atoms with van der Waals surface area (Å²) in [7, 11) is 0.141. The van der Waals surface area contributed by atoms with E-state index in [4.69, 9.17) is 13.9 Å². The highest BCUT2D eigenvalue weighted by molar-refractivity contribution is 6.51. The van der Waals surface area contributed by atoms with Gasteiger partial charge in [0.2, 0.25) is 0 Å². The molecule has 13 heavy (non-hydrogen) atoms. The van der Waals surface area contributed by atoms with Crippen molar-refractivity contribution < 1.29 is 23.5 Å². The Labute approximate surface area is 78.7 Å². The zero-order valence-corrected chi connectivity index (χ0v) is 8.96. The van der Waals surface area contributed by atoms with Crippen molar-refractivity contribution >= 4 is 21.0 Å². The second-order valence-electron chi connectivity index (χ2n) is 2.30. The number of hydrogen-bond donors (Lipinski definition) is 0. The van der Waals surface area contributed by atoms with Gasteiger partial charge in [-0.05, 0) is 0 Å². The van der Waals surface area contributed by atoms with E-state index in [-0.39, 0.29) is 24.4 Å². The molecule has 0 heterocycles. The maximum atomic E-state index is 10.4. The number of ether oxygens (including phenoxy) is 2. The lowest BCUT2D eigenvalue weighted by Gasteiger charge is -2.11. The molecule has 0 unspecified atom stereocenters. The first-order valence-corrected chi connectivity index (χ1v) is 5.54. The van der Waals surface area contributed by atoms with Crippen molar-refractivity contribution in [1.29, 1.82) is 0 Å². The van der Waals surface area contributed by atoms with Crippen LogP contribution < -0.4 is 0 Å². The monoisotopic (exact) mass is 205 g/mol. The van der Waals surface area contributed by atoms with Crippen LogP contribution in [0.25, 0.3) is 0 Å². The van der Waals surface area contributed by atoms with E-state index in [1.807, 2.05) is 0 Å². The Morgan fingerprint density at radius 3 is 1.69 bits per heavy atom. The van der Waals surface area contributed by atoms with Crippen molar-refractivity contribution in [1.82, 2.24) is 0 Å². The predicted molar refractivity (Wildman–Crippen MR) is 46.0 cm³/mol. The summed E-state index contributed by atoms with van der Waals surface area (Å²) in [6.45, 7) is 2.64. The number of rotatable bonds is 5. The minimum Gasteiger partial charge on any atom is -0.467 e. The third kappa shape index (κ3) is 7.48. The molecule has 0 fully saturated rings. The number of hydrogen-bond acceptors (Lipinski definition) is 5. The van der Waals surface area contributed by atoms with Crippen molar-refractivity contribution in [2.75, 3.05) is 19.6 Å². The predicted octanol–water partition coefficient (Wildman–Crippen LogP) is -0.171. The van der Waals surface area contributed by atoms with Crippen molar-refractivity contribution in [2.45, 2.75) is 13.8 Å². The average molecular weight is 205 g/mol. The van der Waals surface area contributed by atoms with Crippen LogP contribution in [-0.4, -0.2) is 40.5 Å². The summed E-state index contributed by atoms with van der Waals surface area (Å²) in [6.07, 6.45) is 0.396. The summed E-state index contributed by atoms with van der Waals surface area (Å²) in [5.74, 6) is -0.718. The summed E-state index contributed by atoms with van der Waals surface area (Å²) in [5, 5.41) is 0. The van der Waals surface area contributed by atoms with Gasteiger partial charge in [-0.1, -0.05) is 0 Å². The molecule has 0 aromatic carbocycles. The number of carbonyl (C=O) groups excluding carboxylic acids is 2. The van der Waals surface area contributed by atoms with Crippen LogP contribution >= 0.6 is 0 Å². The molecule has 1 radical (unpaired) electrons. The van der Waals surface area contributed by atoms with Gasteiger partial charge in [0.15, 0.2) is 0 Å². The molecule has 0 spiro atoms. The molecule has 0 aliphatic carbocycles. The second-order valence-corrected chi connectivity index (χ2v) is 4.37. The quantitative estimate of drug-likeness (QED) is 0.460. The van der Waals surface area contributed by atoms with Crippen molar-refractivity contribution in [3.63, 3.8) is 0 Å². The molecule has 0 aliphatic heterocycles. The van der Waals surface area contributed by atoms with E-state index in [1.165, 1.54) is 21.0 Å². The molecule has 75 valence electrons. The molecule has 0 bridgehead atoms. The van der Waals surface area contributed by atoms with Crippen LogP contribution in [0.4, 0.5) is 0 Å². The van der Waals surface area contributed by atoms with E-state index in [0.29, 0.717) is 0 Å². The molecule has 0 saturated carbocycles. The van der Waals surface area contributed by atoms with Crippen LogP contribution in [0.15, 0.2) is 0 Å². The van der Waals surface area contributed by atoms with Crippen molar-refractivity contribution in [2.24, 2.45) is 0 Å². The van der Waals surface area contributed by atoms with Gasteiger partial charge in [0.25, 0.3) is 9.04 Å². The Hall–Kier alpha value is -0.883. The molecule has 0 amide bonds. The van der Waals surface area contributed by atoms with Crippen LogP contribution in [-0.2, 0) is 23.5 Å². The molecule has 0 N–H and O–H groups in total. The minimum atomic E-state index is -1.36. The zero-order chi connectivity index (χ0) is 10.3. The summed E-state index contributed by atoms with van der Waals surface area (Å²) >= 11 is 0. The Morgan fingerprint density at radius 1 is 1.08 bits per heavy atom. The van der Waals surface area contributed by atoms with Gasteiger partial charge in [-0.25, -0.2) is 0 Å². The van der Waals surface area contributed by atoms with Gasteiger partial charge in [-0.15, -0.1) is 0 Å². The summed E-state index contributed by atoms with van der Waals surface area (Å²) in [6, 6.07) is 0. The number of carbonyl (C=O) groups is 2. The lowest BCUT2D eigenvalue weighted by Crippen LogP contribution is -2.31. The van der Waals surface area contributed by atoms with Gasteiger partial charge in [0, 0.05) is 21.0 Å². The first-order valence-electron chi connectivity index (χ1n) is 3.71. The normalized spacial score (nSPS) is 9.85. The molecule has 0 aromatic rings. The maximum absolute atomic E-state index is 10.4. The molecule has 6 heteroatoms. The molecular weight excluding hydrogens is 192 g/mol. The van der Waals surface area contributed by atoms with E-state index in [0.717, 1.165) is 0 Å². The van der Waals surface area contributed by atoms with E-state index < -0.39 is 9.04 Å². The highest BCUT2D eigenvalue weighted by Gasteiger charge is 2.15. The van der Waals surface area contributed by atoms with Crippen LogP contribution in [0, 0.1) is 0 Å². The third-order valence-corrected chi connectivity index (χ3v) is 2.67. The highest BCUT2D eigenvalue weighted by Crippen LogP contribution is 1.89. The topological polar surface area (TPSA) is 61.8 Å². The lowest BCUT2D eigenvalue weighted by atomic mass is 10.8. The van der Waals surface area contributed by atoms with Crippen LogP contribution in [0.5, 0.6) is 0 Å². The highest BCUT2D eigenvalue weighted by atomic mass is 28.3. The van der Waals surface area contributed by atoms with Crippen molar-refractivity contribution in [3.8, 4) is 0 Å². The molecule has 0 rings (SSSR count). The summed E-state index contributed by atoms with van der Waals surface area (Å²) < 4.78 is 14.4. The standard InChI is InChI=1S/C7H13O5Si/c1-6(8)11-4-13(10-3)5-12-7(2)9/h4-5H2,1-3H3. The first kappa shape index (κ1) is 12.1. The molecular formula is C7H13O5Si. The van der Waals surface area contributed by atoms with Gasteiger partial charge in [-0.3, -0.25) is 9.59 Å². The molecule has 0 aliphatic rings. The van der Waals surface area contributed by atoms with Gasteiger partial charge in [-0.2, -0.15) is 0 Å². The Morgan fingerprint density at radius 2 is 1.46 bits per heavy atom. The van der Waals surface area contributed by atoms with Gasteiger partial charge >= 0.3 is 11.9 Å². The van der Waals surface area contributed by atoms with Gasteiger partial charge in [0.1, 0.15) is 12.5 Å². The van der Waals surface area contributed by atoms with E-state index in [1.54, 1.807) is 0 Å². The summed E-state index contributed by atoms with van der Waals surface area (Å²) in [5.41, 5.74) is 0. The largest absolute Gasteiger partial charge is 0.467 e. The van der Waals surface area contributed by atoms with E-state index in [2.05, 4.69) is 0 Å². The number of esters is 2. The van der Waals surface area contributed by atoms with E-state index >= 15 is 0 Å². The first-order chi connectivity index (χ1) is 6.06. The van der Waals surface area contributed by atoms with Crippen LogP contribution in [0.3, 0.4) is 0 Å². The summed E-state index contributed by atoms with van der Waals surface area (Å²) in [4.78, 5) is 20.9. The molecule has 0 aromatic heterocycles. The smallest absolute Gasteiger partial charge is 0.302 e. The van der Waals surface area contributed by atoms with E-state index in [9.17, 15) is 9.59 Å². The molecule has 0 atom stereocenters. The van der Waals surface area contributed by atoms with Crippen LogP contribution in [0.1, 0.15) is 13.8 Å². The SMILES string of the molecule is CO[Si](COC(C)=O)COC(C)=O. The van der Waals surface area contributed by atoms with Crippen molar-refractivity contribution in [3.05, 3.63) is 0 Å². The molecule has 0 saturated heterocycles. The Balaban J connectivity index is 3.63. The fourth-order valence-corrected chi connectivity index (χ4v) is 1.57. The van der Waals surface area contributed by atoms with Gasteiger partial charge in [0.05, 0.1) is 0 Å². The zero-order valence-electron chi connectivity index (χ0n) is 7.96. The average Bonchev–Trinajstić information content (AvgIpc) is 2.04. The second kappa shape index (κ2) is 6.61. The minimum absolute atomic E-state index is 0.198.